The highest BCUT2D eigenvalue weighted by Gasteiger charge is 2.34. The van der Waals surface area contributed by atoms with E-state index in [4.69, 9.17) is 4.74 Å². The molecular weight excluding hydrogens is 322 g/mol. The van der Waals surface area contributed by atoms with Crippen LogP contribution in [-0.4, -0.2) is 35.3 Å². The minimum atomic E-state index is -1.00. The van der Waals surface area contributed by atoms with Gasteiger partial charge in [0.05, 0.1) is 29.1 Å². The van der Waals surface area contributed by atoms with E-state index in [0.717, 1.165) is 11.8 Å². The molecule has 0 aliphatic rings. The van der Waals surface area contributed by atoms with Crippen LogP contribution in [0, 0.1) is 17.0 Å². The molecular formula is C15H19NO6S. The Balaban J connectivity index is 3.31. The van der Waals surface area contributed by atoms with Crippen molar-refractivity contribution in [3.63, 3.8) is 0 Å². The first kappa shape index (κ1) is 19.0. The number of rotatable bonds is 6. The quantitative estimate of drug-likeness (QED) is 0.339. The van der Waals surface area contributed by atoms with Gasteiger partial charge in [-0.3, -0.25) is 14.9 Å². The summed E-state index contributed by atoms with van der Waals surface area (Å²) in [6.07, 6.45) is 0. The third-order valence-corrected chi connectivity index (χ3v) is 4.26. The number of methoxy groups -OCH3 is 1. The van der Waals surface area contributed by atoms with Crippen molar-refractivity contribution in [2.45, 2.75) is 37.3 Å². The minimum absolute atomic E-state index is 0.123. The van der Waals surface area contributed by atoms with Crippen LogP contribution >= 0.6 is 11.8 Å². The first-order valence-electron chi connectivity index (χ1n) is 6.87. The highest BCUT2D eigenvalue weighted by molar-refractivity contribution is 8.01. The van der Waals surface area contributed by atoms with Crippen molar-refractivity contribution < 1.29 is 24.0 Å². The predicted molar refractivity (Wildman–Crippen MR) is 85.7 cm³/mol. The van der Waals surface area contributed by atoms with Crippen LogP contribution in [0.4, 0.5) is 5.69 Å². The number of hydrogen-bond acceptors (Lipinski definition) is 7. The van der Waals surface area contributed by atoms with Crippen LogP contribution in [0.3, 0.4) is 0 Å². The fourth-order valence-corrected chi connectivity index (χ4v) is 3.01. The van der Waals surface area contributed by atoms with Gasteiger partial charge in [-0.1, -0.05) is 0 Å². The molecule has 0 atom stereocenters. The molecule has 0 aliphatic carbocycles. The fourth-order valence-electron chi connectivity index (χ4n) is 1.85. The number of thioether (sulfide) groups is 1. The van der Waals surface area contributed by atoms with Gasteiger partial charge in [-0.2, -0.15) is 0 Å². The van der Waals surface area contributed by atoms with Gasteiger partial charge in [-0.15, -0.1) is 11.8 Å². The van der Waals surface area contributed by atoms with E-state index >= 15 is 0 Å². The molecule has 8 heteroatoms. The van der Waals surface area contributed by atoms with Crippen LogP contribution in [0.1, 0.15) is 36.7 Å². The largest absolute Gasteiger partial charge is 0.465 e. The second-order valence-corrected chi connectivity index (χ2v) is 6.88. The number of nitro groups is 1. The third-order valence-electron chi connectivity index (χ3n) is 3.04. The van der Waals surface area contributed by atoms with E-state index in [-0.39, 0.29) is 17.9 Å². The number of carbonyl (C=O) groups excluding carboxylic acids is 2. The van der Waals surface area contributed by atoms with E-state index < -0.39 is 21.6 Å². The zero-order valence-electron chi connectivity index (χ0n) is 13.7. The summed E-state index contributed by atoms with van der Waals surface area (Å²) in [5.74, 6) is -1.11. The van der Waals surface area contributed by atoms with E-state index in [1.165, 1.54) is 19.2 Å². The lowest BCUT2D eigenvalue weighted by Crippen LogP contribution is -2.30. The van der Waals surface area contributed by atoms with Crippen molar-refractivity contribution in [3.8, 4) is 0 Å². The number of ether oxygens (including phenoxy) is 2. The first-order valence-corrected chi connectivity index (χ1v) is 7.69. The van der Waals surface area contributed by atoms with Crippen LogP contribution in [0.15, 0.2) is 17.0 Å². The Labute approximate surface area is 138 Å². The maximum absolute atomic E-state index is 12.0. The molecule has 0 amide bonds. The van der Waals surface area contributed by atoms with Gasteiger partial charge >= 0.3 is 11.9 Å². The van der Waals surface area contributed by atoms with Crippen LogP contribution in [-0.2, 0) is 14.3 Å². The molecule has 23 heavy (non-hydrogen) atoms. The van der Waals surface area contributed by atoms with Gasteiger partial charge in [0, 0.05) is 6.07 Å². The van der Waals surface area contributed by atoms with Crippen LogP contribution < -0.4 is 0 Å². The molecule has 0 bridgehead atoms. The predicted octanol–water partition coefficient (Wildman–Crippen LogP) is 3.12. The van der Waals surface area contributed by atoms with Crippen molar-refractivity contribution in [1.82, 2.24) is 0 Å². The summed E-state index contributed by atoms with van der Waals surface area (Å²) in [6.45, 7) is 6.82. The SMILES string of the molecule is CCOC(=O)C(C)(C)Sc1cc(C)c(C(=O)OC)cc1[N+](=O)[O-]. The number of hydrogen-bond donors (Lipinski definition) is 0. The van der Waals surface area contributed by atoms with Crippen molar-refractivity contribution >= 4 is 29.4 Å². The van der Waals surface area contributed by atoms with Crippen LogP contribution in [0.2, 0.25) is 0 Å². The maximum Gasteiger partial charge on any atom is 0.338 e. The summed E-state index contributed by atoms with van der Waals surface area (Å²) in [6, 6.07) is 2.68. The van der Waals surface area contributed by atoms with E-state index in [0.29, 0.717) is 10.5 Å². The molecule has 0 heterocycles. The van der Waals surface area contributed by atoms with Gasteiger partial charge in [0.25, 0.3) is 5.69 Å². The molecule has 0 radical (unpaired) electrons. The average Bonchev–Trinajstić information content (AvgIpc) is 2.46. The molecule has 0 unspecified atom stereocenters. The zero-order valence-corrected chi connectivity index (χ0v) is 14.5. The highest BCUT2D eigenvalue weighted by atomic mass is 32.2. The second-order valence-electron chi connectivity index (χ2n) is 5.22. The van der Waals surface area contributed by atoms with Gasteiger partial charge in [0.1, 0.15) is 4.75 Å². The summed E-state index contributed by atoms with van der Waals surface area (Å²) in [7, 11) is 1.21. The van der Waals surface area contributed by atoms with Crippen LogP contribution in [0.25, 0.3) is 0 Å². The smallest absolute Gasteiger partial charge is 0.338 e. The summed E-state index contributed by atoms with van der Waals surface area (Å²) in [5.41, 5.74) is 0.403. The Hall–Kier alpha value is -2.09. The van der Waals surface area contributed by atoms with E-state index in [9.17, 15) is 19.7 Å². The number of nitro benzene ring substituents is 1. The summed E-state index contributed by atoms with van der Waals surface area (Å²) < 4.78 is 8.61. The van der Waals surface area contributed by atoms with Crippen molar-refractivity contribution in [2.24, 2.45) is 0 Å². The molecule has 0 fully saturated rings. The molecule has 0 saturated carbocycles. The number of nitrogens with zero attached hydrogens (tertiary/aromatic N) is 1. The molecule has 7 nitrogen and oxygen atoms in total. The molecule has 0 aromatic heterocycles. The molecule has 1 rings (SSSR count). The lowest BCUT2D eigenvalue weighted by molar-refractivity contribution is -0.387. The number of carbonyl (C=O) groups is 2. The topological polar surface area (TPSA) is 95.7 Å². The van der Waals surface area contributed by atoms with Gasteiger partial charge in [-0.25, -0.2) is 4.79 Å². The van der Waals surface area contributed by atoms with Gasteiger partial charge < -0.3 is 9.47 Å². The summed E-state index contributed by atoms with van der Waals surface area (Å²) in [4.78, 5) is 34.6. The Bertz CT molecular complexity index is 641. The standard InChI is InChI=1S/C15H19NO6S/c1-6-22-14(18)15(3,4)23-12-7-9(2)10(13(17)21-5)8-11(12)16(19)20/h7-8H,6H2,1-5H3. The lowest BCUT2D eigenvalue weighted by atomic mass is 10.1. The third kappa shape index (κ3) is 4.44. The molecule has 0 N–H and O–H groups in total. The highest BCUT2D eigenvalue weighted by Crippen LogP contribution is 2.40. The molecule has 1 aromatic carbocycles. The Morgan fingerprint density at radius 3 is 2.43 bits per heavy atom. The van der Waals surface area contributed by atoms with Crippen molar-refractivity contribution in [1.29, 1.82) is 0 Å². The van der Waals surface area contributed by atoms with Crippen molar-refractivity contribution in [2.75, 3.05) is 13.7 Å². The van der Waals surface area contributed by atoms with Crippen molar-refractivity contribution in [3.05, 3.63) is 33.4 Å². The Morgan fingerprint density at radius 1 is 1.35 bits per heavy atom. The minimum Gasteiger partial charge on any atom is -0.465 e. The fraction of sp³-hybridized carbons (Fsp3) is 0.467. The number of benzene rings is 1. The van der Waals surface area contributed by atoms with E-state index in [2.05, 4.69) is 4.74 Å². The number of esters is 2. The lowest BCUT2D eigenvalue weighted by Gasteiger charge is -2.22. The average molecular weight is 341 g/mol. The van der Waals surface area contributed by atoms with E-state index in [1.807, 2.05) is 0 Å². The zero-order chi connectivity index (χ0) is 17.8. The molecule has 0 spiro atoms. The number of aryl methyl sites for hydroxylation is 1. The van der Waals surface area contributed by atoms with Crippen LogP contribution in [0.5, 0.6) is 0 Å². The molecule has 0 aliphatic heterocycles. The summed E-state index contributed by atoms with van der Waals surface area (Å²) >= 11 is 1.02. The maximum atomic E-state index is 12.0. The molecule has 126 valence electrons. The first-order chi connectivity index (χ1) is 10.6. The second kappa shape index (κ2) is 7.45. The normalized spacial score (nSPS) is 11.0. The van der Waals surface area contributed by atoms with Gasteiger partial charge in [-0.05, 0) is 39.3 Å². The summed E-state index contributed by atoms with van der Waals surface area (Å²) in [5, 5.41) is 11.3. The van der Waals surface area contributed by atoms with Gasteiger partial charge in [0.15, 0.2) is 0 Å². The molecule has 1 aromatic rings. The Kier molecular flexibility index (Phi) is 6.14. The monoisotopic (exact) mass is 341 g/mol. The van der Waals surface area contributed by atoms with E-state index in [1.54, 1.807) is 27.7 Å². The Morgan fingerprint density at radius 2 is 1.96 bits per heavy atom. The molecule has 0 saturated heterocycles. The van der Waals surface area contributed by atoms with Gasteiger partial charge in [0.2, 0.25) is 0 Å².